The smallest absolute Gasteiger partial charge is 0.208 e. The number of anilines is 1. The van der Waals surface area contributed by atoms with E-state index in [1.54, 1.807) is 0 Å². The summed E-state index contributed by atoms with van der Waals surface area (Å²) in [5.74, 6) is 0.859. The van der Waals surface area contributed by atoms with Crippen LogP contribution in [0.25, 0.3) is 11.0 Å². The number of hydrogen-bond donors (Lipinski definition) is 1. The molecule has 4 nitrogen and oxygen atoms in total. The third-order valence-corrected chi connectivity index (χ3v) is 4.56. The number of rotatable bonds is 0. The fourth-order valence-electron chi connectivity index (χ4n) is 2.31. The molecule has 0 fully saturated rings. The van der Waals surface area contributed by atoms with Crippen LogP contribution < -0.4 is 4.90 Å². The lowest BCUT2D eigenvalue weighted by Gasteiger charge is -2.24. The van der Waals surface area contributed by atoms with E-state index in [-0.39, 0.29) is 3.92 Å². The van der Waals surface area contributed by atoms with Gasteiger partial charge in [0.25, 0.3) is 0 Å². The summed E-state index contributed by atoms with van der Waals surface area (Å²) in [7, 11) is 1.90. The molecule has 2 heterocycles. The molecule has 0 bridgehead atoms. The van der Waals surface area contributed by atoms with Crippen LogP contribution in [0.4, 0.5) is 5.95 Å². The van der Waals surface area contributed by atoms with Crippen molar-refractivity contribution in [1.82, 2.24) is 9.55 Å². The molecule has 1 N–H and O–H groups in total. The Labute approximate surface area is 113 Å². The maximum absolute atomic E-state index is 10.2. The quantitative estimate of drug-likeness (QED) is 0.588. The summed E-state index contributed by atoms with van der Waals surface area (Å²) in [6.45, 7) is 0.908. The zero-order chi connectivity index (χ0) is 12.0. The second-order valence-electron chi connectivity index (χ2n) is 4.38. The number of hydrogen-bond acceptors (Lipinski definition) is 3. The van der Waals surface area contributed by atoms with E-state index in [2.05, 4.69) is 38.2 Å². The van der Waals surface area contributed by atoms with E-state index < -0.39 is 6.23 Å². The molecule has 1 aromatic heterocycles. The second-order valence-corrected chi connectivity index (χ2v) is 5.98. The first-order valence-electron chi connectivity index (χ1n) is 5.69. The van der Waals surface area contributed by atoms with Crippen LogP contribution in [0, 0.1) is 0 Å². The normalized spacial score (nSPS) is 24.8. The standard InChI is InChI=1S/C12H14IN3O/c1-15-11(17)8(13)6-7-16-10-5-3-2-4-9(10)14-12(15)16/h2-5,8,11,17H,6-7H2,1H3. The molecular weight excluding hydrogens is 329 g/mol. The van der Waals surface area contributed by atoms with E-state index in [0.717, 1.165) is 29.9 Å². The first-order valence-corrected chi connectivity index (χ1v) is 6.93. The fourth-order valence-corrected chi connectivity index (χ4v) is 3.08. The maximum Gasteiger partial charge on any atom is 0.208 e. The molecule has 90 valence electrons. The number of fused-ring (bicyclic) bond motifs is 3. The molecule has 0 saturated carbocycles. The number of aliphatic hydroxyl groups excluding tert-OH is 1. The zero-order valence-electron chi connectivity index (χ0n) is 9.55. The lowest BCUT2D eigenvalue weighted by molar-refractivity contribution is 0.175. The molecule has 2 unspecified atom stereocenters. The Bertz CT molecular complexity index is 554. The molecule has 1 aliphatic heterocycles. The van der Waals surface area contributed by atoms with E-state index in [1.807, 2.05) is 30.1 Å². The van der Waals surface area contributed by atoms with E-state index in [0.29, 0.717) is 0 Å². The first kappa shape index (κ1) is 11.3. The highest BCUT2D eigenvalue weighted by atomic mass is 127. The Hall–Kier alpha value is -0.820. The molecule has 0 radical (unpaired) electrons. The molecule has 0 spiro atoms. The lowest BCUT2D eigenvalue weighted by atomic mass is 10.2. The third kappa shape index (κ3) is 1.72. The van der Waals surface area contributed by atoms with Crippen LogP contribution in [-0.2, 0) is 6.54 Å². The number of alkyl halides is 1. The van der Waals surface area contributed by atoms with E-state index in [1.165, 1.54) is 0 Å². The number of aromatic nitrogens is 2. The Morgan fingerprint density at radius 1 is 1.41 bits per heavy atom. The van der Waals surface area contributed by atoms with Crippen molar-refractivity contribution >= 4 is 39.6 Å². The minimum atomic E-state index is -0.464. The largest absolute Gasteiger partial charge is 0.372 e. The van der Waals surface area contributed by atoms with Crippen LogP contribution in [0.15, 0.2) is 24.3 Å². The molecule has 0 aliphatic carbocycles. The van der Waals surface area contributed by atoms with Crippen LogP contribution in [-0.4, -0.2) is 31.9 Å². The Balaban J connectivity index is 2.19. The number of para-hydroxylation sites is 2. The van der Waals surface area contributed by atoms with Crippen LogP contribution in [0.2, 0.25) is 0 Å². The maximum atomic E-state index is 10.2. The highest BCUT2D eigenvalue weighted by Crippen LogP contribution is 2.29. The summed E-state index contributed by atoms with van der Waals surface area (Å²) in [6.07, 6.45) is 0.494. The SMILES string of the molecule is CN1c2nc3ccccc3n2CCC(I)C1O. The molecule has 2 aromatic rings. The molecule has 3 rings (SSSR count). The highest BCUT2D eigenvalue weighted by molar-refractivity contribution is 14.1. The summed E-state index contributed by atoms with van der Waals surface area (Å²) in [5.41, 5.74) is 2.14. The predicted octanol–water partition coefficient (Wildman–Crippen LogP) is 2.00. The monoisotopic (exact) mass is 343 g/mol. The van der Waals surface area contributed by atoms with E-state index >= 15 is 0 Å². The number of nitrogens with zero attached hydrogens (tertiary/aromatic N) is 3. The van der Waals surface area contributed by atoms with Crippen molar-refractivity contribution in [3.05, 3.63) is 24.3 Å². The molecule has 5 heteroatoms. The average molecular weight is 343 g/mol. The number of halogens is 1. The van der Waals surface area contributed by atoms with Crippen molar-refractivity contribution in [2.45, 2.75) is 23.1 Å². The topological polar surface area (TPSA) is 41.3 Å². The van der Waals surface area contributed by atoms with Crippen molar-refractivity contribution < 1.29 is 5.11 Å². The van der Waals surface area contributed by atoms with Gasteiger partial charge in [0.15, 0.2) is 0 Å². The fraction of sp³-hybridized carbons (Fsp3) is 0.417. The number of imidazole rings is 1. The summed E-state index contributed by atoms with van der Waals surface area (Å²) >= 11 is 2.31. The van der Waals surface area contributed by atoms with Gasteiger partial charge in [-0.15, -0.1) is 0 Å². The molecule has 2 atom stereocenters. The molecule has 0 amide bonds. The second kappa shape index (κ2) is 4.13. The van der Waals surface area contributed by atoms with Gasteiger partial charge >= 0.3 is 0 Å². The molecule has 0 saturated heterocycles. The molecular formula is C12H14IN3O. The minimum absolute atomic E-state index is 0.234. The van der Waals surface area contributed by atoms with Crippen LogP contribution in [0.1, 0.15) is 6.42 Å². The zero-order valence-corrected chi connectivity index (χ0v) is 11.7. The van der Waals surface area contributed by atoms with Gasteiger partial charge in [0, 0.05) is 13.6 Å². The van der Waals surface area contributed by atoms with Gasteiger partial charge in [-0.2, -0.15) is 0 Å². The minimum Gasteiger partial charge on any atom is -0.372 e. The number of aryl methyl sites for hydroxylation is 1. The molecule has 1 aromatic carbocycles. The van der Waals surface area contributed by atoms with Gasteiger partial charge in [0.2, 0.25) is 5.95 Å². The number of benzene rings is 1. The van der Waals surface area contributed by atoms with Crippen LogP contribution >= 0.6 is 22.6 Å². The highest BCUT2D eigenvalue weighted by Gasteiger charge is 2.28. The van der Waals surface area contributed by atoms with Gasteiger partial charge in [-0.25, -0.2) is 4.98 Å². The van der Waals surface area contributed by atoms with Crippen molar-refractivity contribution in [3.63, 3.8) is 0 Å². The van der Waals surface area contributed by atoms with Crippen LogP contribution in [0.3, 0.4) is 0 Å². The summed E-state index contributed by atoms with van der Waals surface area (Å²) in [4.78, 5) is 6.47. The van der Waals surface area contributed by atoms with Gasteiger partial charge in [-0.3, -0.25) is 0 Å². The van der Waals surface area contributed by atoms with Gasteiger partial charge in [-0.1, -0.05) is 34.7 Å². The average Bonchev–Trinajstić information content (AvgIpc) is 2.68. The van der Waals surface area contributed by atoms with Gasteiger partial charge in [-0.05, 0) is 18.6 Å². The first-order chi connectivity index (χ1) is 8.18. The predicted molar refractivity (Wildman–Crippen MR) is 76.6 cm³/mol. The van der Waals surface area contributed by atoms with Gasteiger partial charge in [0.1, 0.15) is 6.23 Å². The summed E-state index contributed by atoms with van der Waals surface area (Å²) in [6, 6.07) is 8.12. The van der Waals surface area contributed by atoms with Crippen molar-refractivity contribution in [1.29, 1.82) is 0 Å². The lowest BCUT2D eigenvalue weighted by Crippen LogP contribution is -2.37. The van der Waals surface area contributed by atoms with Gasteiger partial charge < -0.3 is 14.6 Å². The van der Waals surface area contributed by atoms with E-state index in [4.69, 9.17) is 0 Å². The Morgan fingerprint density at radius 2 is 2.18 bits per heavy atom. The van der Waals surface area contributed by atoms with E-state index in [9.17, 15) is 5.11 Å². The third-order valence-electron chi connectivity index (χ3n) is 3.30. The van der Waals surface area contributed by atoms with Crippen molar-refractivity contribution in [2.24, 2.45) is 0 Å². The van der Waals surface area contributed by atoms with Crippen molar-refractivity contribution in [3.8, 4) is 0 Å². The number of aliphatic hydroxyl groups is 1. The molecule has 17 heavy (non-hydrogen) atoms. The van der Waals surface area contributed by atoms with Gasteiger partial charge in [0.05, 0.1) is 15.0 Å². The summed E-state index contributed by atoms with van der Waals surface area (Å²) in [5, 5.41) is 10.2. The van der Waals surface area contributed by atoms with Crippen LogP contribution in [0.5, 0.6) is 0 Å². The Morgan fingerprint density at radius 3 is 3.00 bits per heavy atom. The molecule has 1 aliphatic rings. The Kier molecular flexibility index (Phi) is 2.74. The van der Waals surface area contributed by atoms with Crippen molar-refractivity contribution in [2.75, 3.05) is 11.9 Å². The summed E-state index contributed by atoms with van der Waals surface area (Å²) < 4.78 is 2.43.